The second-order valence-corrected chi connectivity index (χ2v) is 9.58. The molecule has 0 saturated carbocycles. The topological polar surface area (TPSA) is 87.6 Å². The van der Waals surface area contributed by atoms with Crippen LogP contribution < -0.4 is 15.6 Å². The average Bonchev–Trinajstić information content (AvgIpc) is 2.97. The van der Waals surface area contributed by atoms with Crippen molar-refractivity contribution in [3.63, 3.8) is 0 Å². The summed E-state index contributed by atoms with van der Waals surface area (Å²) in [6.45, 7) is 7.67. The quantitative estimate of drug-likeness (QED) is 0.122. The molecular weight excluding hydrogens is 550 g/mol. The number of nitrogens with one attached hydrogen (secondary N) is 2. The Labute approximate surface area is 241 Å². The van der Waals surface area contributed by atoms with Crippen molar-refractivity contribution in [2.24, 2.45) is 5.10 Å². The number of nitrogens with zero attached hydrogens (tertiary/aromatic N) is 5. The molecule has 220 valence electrons. The molecule has 0 aliphatic carbocycles. The van der Waals surface area contributed by atoms with Crippen molar-refractivity contribution in [3.8, 4) is 0 Å². The SMILES string of the molecule is C/C=C(\C=C/C=C(C)C)c1cc(Nc2ccc(/C=N/Nc3ncc(F)c(N4CCOCC4)n3)nc2)cc(C(F)(F)F)c1. The van der Waals surface area contributed by atoms with Gasteiger partial charge in [-0.3, -0.25) is 4.98 Å². The van der Waals surface area contributed by atoms with E-state index in [1.807, 2.05) is 26.0 Å². The number of anilines is 4. The van der Waals surface area contributed by atoms with E-state index in [2.05, 4.69) is 30.8 Å². The molecule has 1 aliphatic rings. The van der Waals surface area contributed by atoms with Gasteiger partial charge in [-0.2, -0.15) is 23.3 Å². The van der Waals surface area contributed by atoms with Crippen LogP contribution in [0.25, 0.3) is 5.57 Å². The number of ether oxygens (including phenoxy) is 1. The van der Waals surface area contributed by atoms with Crippen molar-refractivity contribution < 1.29 is 22.3 Å². The van der Waals surface area contributed by atoms with Crippen LogP contribution in [0.4, 0.5) is 40.7 Å². The molecule has 2 N–H and O–H groups in total. The molecule has 0 atom stereocenters. The average molecular weight is 582 g/mol. The third-order valence-electron chi connectivity index (χ3n) is 6.08. The molecule has 8 nitrogen and oxygen atoms in total. The van der Waals surface area contributed by atoms with Gasteiger partial charge in [0.2, 0.25) is 5.95 Å². The second-order valence-electron chi connectivity index (χ2n) is 9.58. The summed E-state index contributed by atoms with van der Waals surface area (Å²) in [4.78, 5) is 14.2. The molecule has 1 saturated heterocycles. The Hall–Kier alpha value is -4.58. The summed E-state index contributed by atoms with van der Waals surface area (Å²) >= 11 is 0. The smallest absolute Gasteiger partial charge is 0.378 e. The summed E-state index contributed by atoms with van der Waals surface area (Å²) in [6, 6.07) is 7.16. The van der Waals surface area contributed by atoms with Gasteiger partial charge in [-0.15, -0.1) is 0 Å². The zero-order valence-electron chi connectivity index (χ0n) is 23.4. The van der Waals surface area contributed by atoms with Crippen LogP contribution in [0.15, 0.2) is 77.7 Å². The minimum absolute atomic E-state index is 0.115. The predicted octanol–water partition coefficient (Wildman–Crippen LogP) is 6.98. The number of pyridine rings is 1. The highest BCUT2D eigenvalue weighted by Gasteiger charge is 2.31. The molecule has 3 aromatic rings. The fourth-order valence-electron chi connectivity index (χ4n) is 4.02. The number of hydrazone groups is 1. The Morgan fingerprint density at radius 1 is 1.05 bits per heavy atom. The molecule has 0 radical (unpaired) electrons. The lowest BCUT2D eigenvalue weighted by Gasteiger charge is -2.27. The van der Waals surface area contributed by atoms with E-state index in [4.69, 9.17) is 4.74 Å². The van der Waals surface area contributed by atoms with E-state index >= 15 is 0 Å². The summed E-state index contributed by atoms with van der Waals surface area (Å²) in [6.07, 6.45) is 6.70. The molecule has 0 amide bonds. The molecule has 0 unspecified atom stereocenters. The first kappa shape index (κ1) is 30.4. The summed E-state index contributed by atoms with van der Waals surface area (Å²) in [5.41, 5.74) is 5.28. The monoisotopic (exact) mass is 581 g/mol. The standard InChI is InChI=1S/C30H31F4N7O/c1-4-21(7-5-6-20(2)3)22-14-23(30(32,33)34)16-26(15-22)38-25-9-8-24(35-17-25)18-37-40-29-36-19-27(31)28(39-29)41-10-12-42-13-11-41/h4-9,14-19,38H,10-13H2,1-3H3,(H,36,39,40)/b7-5-,21-4+,37-18+. The van der Waals surface area contributed by atoms with E-state index in [1.165, 1.54) is 12.4 Å². The number of aromatic nitrogens is 3. The zero-order chi connectivity index (χ0) is 30.1. The highest BCUT2D eigenvalue weighted by molar-refractivity contribution is 5.79. The highest BCUT2D eigenvalue weighted by Crippen LogP contribution is 2.35. The van der Waals surface area contributed by atoms with E-state index in [0.29, 0.717) is 48.8 Å². The lowest BCUT2D eigenvalue weighted by atomic mass is 10.0. The Bertz CT molecular complexity index is 1490. The van der Waals surface area contributed by atoms with Crippen LogP contribution in [0.2, 0.25) is 0 Å². The van der Waals surface area contributed by atoms with Crippen molar-refractivity contribution in [1.82, 2.24) is 15.0 Å². The van der Waals surface area contributed by atoms with E-state index < -0.39 is 17.6 Å². The third kappa shape index (κ3) is 8.46. The molecule has 3 heterocycles. The van der Waals surface area contributed by atoms with Crippen molar-refractivity contribution in [1.29, 1.82) is 0 Å². The van der Waals surface area contributed by atoms with Gasteiger partial charge in [-0.05, 0) is 62.2 Å². The Morgan fingerprint density at radius 3 is 2.50 bits per heavy atom. The van der Waals surface area contributed by atoms with Crippen LogP contribution in [0, 0.1) is 5.82 Å². The van der Waals surface area contributed by atoms with Gasteiger partial charge < -0.3 is 15.0 Å². The third-order valence-corrected chi connectivity index (χ3v) is 6.08. The number of hydrogen-bond donors (Lipinski definition) is 2. The van der Waals surface area contributed by atoms with Crippen molar-refractivity contribution in [2.45, 2.75) is 26.9 Å². The normalized spacial score (nSPS) is 14.5. The van der Waals surface area contributed by atoms with Gasteiger partial charge in [0.05, 0.1) is 48.8 Å². The van der Waals surface area contributed by atoms with Gasteiger partial charge in [-0.1, -0.05) is 29.9 Å². The molecule has 1 aromatic carbocycles. The first-order chi connectivity index (χ1) is 20.1. The van der Waals surface area contributed by atoms with Gasteiger partial charge in [0.1, 0.15) is 0 Å². The molecule has 42 heavy (non-hydrogen) atoms. The summed E-state index contributed by atoms with van der Waals surface area (Å²) in [7, 11) is 0. The van der Waals surface area contributed by atoms with E-state index in [9.17, 15) is 17.6 Å². The summed E-state index contributed by atoms with van der Waals surface area (Å²) < 4.78 is 60.6. The number of alkyl halides is 3. The van der Waals surface area contributed by atoms with Crippen LogP contribution in [-0.2, 0) is 10.9 Å². The first-order valence-electron chi connectivity index (χ1n) is 13.2. The fraction of sp³-hybridized carbons (Fsp3) is 0.267. The second kappa shape index (κ2) is 13.9. The van der Waals surface area contributed by atoms with Gasteiger partial charge in [-0.25, -0.2) is 14.8 Å². The van der Waals surface area contributed by atoms with Crippen molar-refractivity contribution >= 4 is 34.9 Å². The molecule has 0 bridgehead atoms. The maximum absolute atomic E-state index is 14.2. The summed E-state index contributed by atoms with van der Waals surface area (Å²) in [5, 5.41) is 7.07. The molecule has 2 aromatic heterocycles. The maximum Gasteiger partial charge on any atom is 0.416 e. The maximum atomic E-state index is 14.2. The van der Waals surface area contributed by atoms with Crippen molar-refractivity contribution in [3.05, 3.63) is 95.2 Å². The molecule has 1 aliphatic heterocycles. The fourth-order valence-corrected chi connectivity index (χ4v) is 4.02. The molecule has 12 heteroatoms. The molecule has 1 fully saturated rings. The number of benzene rings is 1. The van der Waals surface area contributed by atoms with E-state index in [1.54, 1.807) is 42.2 Å². The van der Waals surface area contributed by atoms with E-state index in [0.717, 1.165) is 23.9 Å². The number of morpholine rings is 1. The summed E-state index contributed by atoms with van der Waals surface area (Å²) in [5.74, 6) is -0.252. The lowest BCUT2D eigenvalue weighted by Crippen LogP contribution is -2.37. The Balaban J connectivity index is 1.46. The van der Waals surface area contributed by atoms with Crippen LogP contribution in [-0.4, -0.2) is 47.5 Å². The first-order valence-corrected chi connectivity index (χ1v) is 13.2. The number of allylic oxidation sites excluding steroid dienone is 6. The zero-order valence-corrected chi connectivity index (χ0v) is 23.4. The lowest BCUT2D eigenvalue weighted by molar-refractivity contribution is -0.137. The predicted molar refractivity (Wildman–Crippen MR) is 157 cm³/mol. The van der Waals surface area contributed by atoms with Gasteiger partial charge in [0.15, 0.2) is 11.6 Å². The van der Waals surface area contributed by atoms with Gasteiger partial charge >= 0.3 is 6.18 Å². The Morgan fingerprint density at radius 2 is 1.83 bits per heavy atom. The molecule has 4 rings (SSSR count). The number of halogens is 4. The van der Waals surface area contributed by atoms with Crippen molar-refractivity contribution in [2.75, 3.05) is 41.9 Å². The Kier molecular flexibility index (Phi) is 10.0. The van der Waals surface area contributed by atoms with Gasteiger partial charge in [0, 0.05) is 18.8 Å². The van der Waals surface area contributed by atoms with Crippen LogP contribution in [0.5, 0.6) is 0 Å². The highest BCUT2D eigenvalue weighted by atomic mass is 19.4. The number of hydrogen-bond acceptors (Lipinski definition) is 8. The van der Waals surface area contributed by atoms with Crippen LogP contribution >= 0.6 is 0 Å². The van der Waals surface area contributed by atoms with Gasteiger partial charge in [0.25, 0.3) is 0 Å². The molecule has 0 spiro atoms. The minimum Gasteiger partial charge on any atom is -0.378 e. The largest absolute Gasteiger partial charge is 0.416 e. The van der Waals surface area contributed by atoms with Crippen LogP contribution in [0.1, 0.15) is 37.6 Å². The molecular formula is C30H31F4N7O. The van der Waals surface area contributed by atoms with Crippen LogP contribution in [0.3, 0.4) is 0 Å². The minimum atomic E-state index is -4.52. The number of rotatable bonds is 9. The van der Waals surface area contributed by atoms with E-state index in [-0.39, 0.29) is 17.5 Å².